The smallest absolute Gasteiger partial charge is 0.0404 e. The molecule has 0 aromatic carbocycles. The van der Waals surface area contributed by atoms with Gasteiger partial charge in [0.25, 0.3) is 0 Å². The van der Waals surface area contributed by atoms with Crippen LogP contribution in [0.5, 0.6) is 0 Å². The highest BCUT2D eigenvalue weighted by Gasteiger charge is 2.29. The third-order valence-corrected chi connectivity index (χ3v) is 6.20. The Balaban J connectivity index is 1.60. The van der Waals surface area contributed by atoms with E-state index in [4.69, 9.17) is 5.73 Å². The van der Waals surface area contributed by atoms with Gasteiger partial charge in [-0.15, -0.1) is 0 Å². The van der Waals surface area contributed by atoms with Crippen LogP contribution in [0.3, 0.4) is 0 Å². The minimum Gasteiger partial charge on any atom is -0.402 e. The first-order chi connectivity index (χ1) is 12.6. The maximum absolute atomic E-state index is 6.25. The van der Waals surface area contributed by atoms with Gasteiger partial charge in [-0.1, -0.05) is 19.1 Å². The second kappa shape index (κ2) is 7.45. The van der Waals surface area contributed by atoms with Crippen molar-refractivity contribution in [2.75, 3.05) is 26.7 Å². The molecule has 0 amide bonds. The van der Waals surface area contributed by atoms with Crippen molar-refractivity contribution in [3.8, 4) is 0 Å². The van der Waals surface area contributed by atoms with E-state index in [0.29, 0.717) is 18.0 Å². The fourth-order valence-corrected chi connectivity index (χ4v) is 4.45. The SMILES string of the molecule is CC1CC=C(C2=CC3=C(CN(C)C=C3)C(NC3CCNCC3)C2)C=C1N. The Morgan fingerprint density at radius 2 is 2.04 bits per heavy atom. The van der Waals surface area contributed by atoms with E-state index in [1.807, 2.05) is 0 Å². The van der Waals surface area contributed by atoms with Gasteiger partial charge in [0.05, 0.1) is 0 Å². The lowest BCUT2D eigenvalue weighted by Crippen LogP contribution is -2.47. The highest BCUT2D eigenvalue weighted by Crippen LogP contribution is 2.35. The third kappa shape index (κ3) is 3.67. The minimum atomic E-state index is 0.426. The van der Waals surface area contributed by atoms with Gasteiger partial charge in [0, 0.05) is 31.4 Å². The molecule has 0 bridgehead atoms. The summed E-state index contributed by atoms with van der Waals surface area (Å²) in [6, 6.07) is 1.04. The number of nitrogens with zero attached hydrogens (tertiary/aromatic N) is 1. The molecule has 0 aromatic rings. The summed E-state index contributed by atoms with van der Waals surface area (Å²) in [6.07, 6.45) is 16.0. The second-order valence-corrected chi connectivity index (χ2v) is 8.27. The molecule has 2 aliphatic heterocycles. The van der Waals surface area contributed by atoms with Crippen molar-refractivity contribution >= 4 is 0 Å². The van der Waals surface area contributed by atoms with Crippen molar-refractivity contribution in [2.45, 2.75) is 44.7 Å². The maximum atomic E-state index is 6.25. The summed E-state index contributed by atoms with van der Waals surface area (Å²) in [6.45, 7) is 5.48. The van der Waals surface area contributed by atoms with E-state index in [2.05, 4.69) is 60.0 Å². The average Bonchev–Trinajstić information content (AvgIpc) is 2.65. The lowest BCUT2D eigenvalue weighted by molar-refractivity contribution is 0.348. The summed E-state index contributed by atoms with van der Waals surface area (Å²) in [5.74, 6) is 0.463. The van der Waals surface area contributed by atoms with Crippen LogP contribution >= 0.6 is 0 Å². The molecule has 0 spiro atoms. The molecule has 4 aliphatic rings. The molecule has 1 fully saturated rings. The summed E-state index contributed by atoms with van der Waals surface area (Å²) in [7, 11) is 2.16. The molecule has 2 aliphatic carbocycles. The van der Waals surface area contributed by atoms with Crippen LogP contribution in [0.15, 0.2) is 58.5 Å². The molecule has 2 atom stereocenters. The van der Waals surface area contributed by atoms with Crippen LogP contribution in [-0.4, -0.2) is 43.7 Å². The number of hydrogen-bond donors (Lipinski definition) is 3. The molecule has 0 aromatic heterocycles. The summed E-state index contributed by atoms with van der Waals surface area (Å²) >= 11 is 0. The van der Waals surface area contributed by atoms with Crippen molar-refractivity contribution < 1.29 is 0 Å². The topological polar surface area (TPSA) is 53.3 Å². The molecular formula is C22H32N4. The Bertz CT molecular complexity index is 704. The van der Waals surface area contributed by atoms with Gasteiger partial charge in [-0.25, -0.2) is 0 Å². The van der Waals surface area contributed by atoms with E-state index in [9.17, 15) is 0 Å². The van der Waals surface area contributed by atoms with E-state index >= 15 is 0 Å². The van der Waals surface area contributed by atoms with Gasteiger partial charge in [0.1, 0.15) is 0 Å². The summed E-state index contributed by atoms with van der Waals surface area (Å²) in [5, 5.41) is 7.46. The van der Waals surface area contributed by atoms with E-state index in [0.717, 1.165) is 38.2 Å². The zero-order chi connectivity index (χ0) is 18.1. The van der Waals surface area contributed by atoms with Crippen LogP contribution in [0.25, 0.3) is 0 Å². The third-order valence-electron chi connectivity index (χ3n) is 6.20. The highest BCUT2D eigenvalue weighted by molar-refractivity contribution is 5.55. The van der Waals surface area contributed by atoms with Gasteiger partial charge in [-0.3, -0.25) is 0 Å². The van der Waals surface area contributed by atoms with Crippen LogP contribution in [0, 0.1) is 5.92 Å². The molecule has 4 N–H and O–H groups in total. The Kier molecular flexibility index (Phi) is 5.05. The van der Waals surface area contributed by atoms with E-state index in [1.165, 1.54) is 29.6 Å². The Morgan fingerprint density at radius 3 is 2.81 bits per heavy atom. The van der Waals surface area contributed by atoms with Crippen molar-refractivity contribution in [1.29, 1.82) is 0 Å². The Hall–Kier alpha value is -1.78. The predicted molar refractivity (Wildman–Crippen MR) is 108 cm³/mol. The normalized spacial score (nSPS) is 29.9. The first-order valence-corrected chi connectivity index (χ1v) is 10.1. The van der Waals surface area contributed by atoms with Gasteiger partial charge in [0.2, 0.25) is 0 Å². The van der Waals surface area contributed by atoms with Gasteiger partial charge >= 0.3 is 0 Å². The summed E-state index contributed by atoms with van der Waals surface area (Å²) < 4.78 is 0. The lowest BCUT2D eigenvalue weighted by atomic mass is 9.81. The summed E-state index contributed by atoms with van der Waals surface area (Å²) in [4.78, 5) is 2.29. The van der Waals surface area contributed by atoms with E-state index in [1.54, 1.807) is 5.57 Å². The Labute approximate surface area is 157 Å². The molecule has 0 radical (unpaired) electrons. The maximum Gasteiger partial charge on any atom is 0.0404 e. The number of hydrogen-bond acceptors (Lipinski definition) is 4. The molecule has 26 heavy (non-hydrogen) atoms. The van der Waals surface area contributed by atoms with Crippen molar-refractivity contribution in [3.63, 3.8) is 0 Å². The molecule has 4 rings (SSSR count). The largest absolute Gasteiger partial charge is 0.402 e. The zero-order valence-corrected chi connectivity index (χ0v) is 16.1. The van der Waals surface area contributed by atoms with Crippen molar-refractivity contribution in [3.05, 3.63) is 58.5 Å². The quantitative estimate of drug-likeness (QED) is 0.731. The van der Waals surface area contributed by atoms with Gasteiger partial charge in [-0.05, 0) is 85.3 Å². The molecule has 140 valence electrons. The predicted octanol–water partition coefficient (Wildman–Crippen LogP) is 2.59. The van der Waals surface area contributed by atoms with Crippen LogP contribution in [-0.2, 0) is 0 Å². The first-order valence-electron chi connectivity index (χ1n) is 10.1. The number of allylic oxidation sites excluding steroid dienone is 7. The monoisotopic (exact) mass is 352 g/mol. The minimum absolute atomic E-state index is 0.426. The average molecular weight is 353 g/mol. The first kappa shape index (κ1) is 17.6. The molecule has 2 heterocycles. The lowest BCUT2D eigenvalue weighted by Gasteiger charge is -2.37. The fourth-order valence-electron chi connectivity index (χ4n) is 4.45. The van der Waals surface area contributed by atoms with Gasteiger partial charge < -0.3 is 21.3 Å². The highest BCUT2D eigenvalue weighted by atomic mass is 15.1. The number of rotatable bonds is 3. The van der Waals surface area contributed by atoms with Crippen molar-refractivity contribution in [2.24, 2.45) is 11.7 Å². The number of likely N-dealkylation sites (N-methyl/N-ethyl adjacent to an activating group) is 1. The number of nitrogens with one attached hydrogen (secondary N) is 2. The molecular weight excluding hydrogens is 320 g/mol. The molecule has 2 unspecified atom stereocenters. The van der Waals surface area contributed by atoms with Crippen LogP contribution in [0.4, 0.5) is 0 Å². The fraction of sp³-hybridized carbons (Fsp3) is 0.545. The zero-order valence-electron chi connectivity index (χ0n) is 16.1. The van der Waals surface area contributed by atoms with E-state index in [-0.39, 0.29) is 0 Å². The van der Waals surface area contributed by atoms with E-state index < -0.39 is 0 Å². The number of nitrogens with two attached hydrogens (primary N) is 1. The number of piperidine rings is 1. The van der Waals surface area contributed by atoms with Gasteiger partial charge in [-0.2, -0.15) is 0 Å². The Morgan fingerprint density at radius 1 is 1.23 bits per heavy atom. The van der Waals surface area contributed by atoms with Gasteiger partial charge in [0.15, 0.2) is 0 Å². The van der Waals surface area contributed by atoms with Crippen LogP contribution in [0.1, 0.15) is 32.6 Å². The van der Waals surface area contributed by atoms with Crippen LogP contribution in [0.2, 0.25) is 0 Å². The van der Waals surface area contributed by atoms with Crippen molar-refractivity contribution in [1.82, 2.24) is 15.5 Å². The second-order valence-electron chi connectivity index (χ2n) is 8.27. The molecule has 4 heteroatoms. The molecule has 1 saturated heterocycles. The van der Waals surface area contributed by atoms with Crippen LogP contribution < -0.4 is 16.4 Å². The summed E-state index contributed by atoms with van der Waals surface area (Å²) in [5.41, 5.74) is 13.0. The standard InChI is InChI=1S/C22H32N4/c1-15-3-4-16(12-21(15)23)18-11-17-7-10-26(2)14-20(17)22(13-18)25-19-5-8-24-9-6-19/h4,7,10-12,15,19,22,24-25H,3,5-6,8-9,13-14,23H2,1-2H3. The molecule has 4 nitrogen and oxygen atoms in total. The molecule has 0 saturated carbocycles.